The maximum absolute atomic E-state index is 10.9. The van der Waals surface area contributed by atoms with Crippen LogP contribution in [0.15, 0.2) is 10.5 Å². The van der Waals surface area contributed by atoms with Crippen molar-refractivity contribution in [2.24, 2.45) is 0 Å². The van der Waals surface area contributed by atoms with E-state index in [9.17, 15) is 4.79 Å². The van der Waals surface area contributed by atoms with Crippen molar-refractivity contribution in [2.75, 3.05) is 0 Å². The first-order valence-electron chi connectivity index (χ1n) is 6.55. The summed E-state index contributed by atoms with van der Waals surface area (Å²) in [6, 6.07) is 1.79. The van der Waals surface area contributed by atoms with Gasteiger partial charge in [-0.05, 0) is 32.3 Å². The van der Waals surface area contributed by atoms with Crippen LogP contribution in [0.3, 0.4) is 0 Å². The lowest BCUT2D eigenvalue weighted by atomic mass is 9.90. The van der Waals surface area contributed by atoms with Crippen LogP contribution < -0.4 is 5.32 Å². The van der Waals surface area contributed by atoms with Gasteiger partial charge in [-0.1, -0.05) is 20.8 Å². The van der Waals surface area contributed by atoms with Crippen molar-refractivity contribution in [1.82, 2.24) is 5.32 Å². The van der Waals surface area contributed by atoms with Gasteiger partial charge in [-0.25, -0.2) is 4.79 Å². The molecule has 0 radical (unpaired) electrons. The zero-order chi connectivity index (χ0) is 13.8. The van der Waals surface area contributed by atoms with E-state index in [0.29, 0.717) is 17.9 Å². The van der Waals surface area contributed by atoms with Crippen molar-refractivity contribution < 1.29 is 14.3 Å². The van der Waals surface area contributed by atoms with Crippen LogP contribution >= 0.6 is 0 Å². The molecule has 0 unspecified atom stereocenters. The summed E-state index contributed by atoms with van der Waals surface area (Å²) >= 11 is 0. The molecular weight excluding hydrogens is 230 g/mol. The van der Waals surface area contributed by atoms with Gasteiger partial charge in [0.2, 0.25) is 5.76 Å². The van der Waals surface area contributed by atoms with E-state index in [0.717, 1.165) is 19.3 Å². The van der Waals surface area contributed by atoms with Crippen LogP contribution in [0.4, 0.5) is 0 Å². The minimum Gasteiger partial charge on any atom is -0.475 e. The summed E-state index contributed by atoms with van der Waals surface area (Å²) in [5.74, 6) is -0.280. The average molecular weight is 253 g/mol. The Morgan fingerprint density at radius 2 is 1.89 bits per heavy atom. The van der Waals surface area contributed by atoms with E-state index >= 15 is 0 Å². The summed E-state index contributed by atoms with van der Waals surface area (Å²) in [6.45, 7) is 8.81. The molecule has 1 aromatic rings. The van der Waals surface area contributed by atoms with Gasteiger partial charge >= 0.3 is 5.97 Å². The van der Waals surface area contributed by atoms with Gasteiger partial charge in [0, 0.05) is 11.1 Å². The zero-order valence-electron chi connectivity index (χ0n) is 11.7. The molecule has 2 N–H and O–H groups in total. The topological polar surface area (TPSA) is 62.5 Å². The van der Waals surface area contributed by atoms with Crippen LogP contribution in [-0.4, -0.2) is 16.6 Å². The molecule has 1 aromatic heterocycles. The van der Waals surface area contributed by atoms with Crippen molar-refractivity contribution >= 4 is 5.97 Å². The number of rotatable bonds is 7. The first kappa shape index (κ1) is 14.8. The molecular formula is C14H23NO3. The Bertz CT molecular complexity index is 397. The highest BCUT2D eigenvalue weighted by atomic mass is 16.4. The van der Waals surface area contributed by atoms with Gasteiger partial charge in [0.25, 0.3) is 0 Å². The first-order chi connectivity index (χ1) is 8.48. The molecule has 0 aliphatic rings. The van der Waals surface area contributed by atoms with Crippen LogP contribution in [0.1, 0.15) is 61.9 Å². The minimum absolute atomic E-state index is 0.0434. The Hall–Kier alpha value is -1.29. The summed E-state index contributed by atoms with van der Waals surface area (Å²) in [4.78, 5) is 10.9. The Balaban J connectivity index is 2.74. The second-order valence-corrected chi connectivity index (χ2v) is 4.72. The van der Waals surface area contributed by atoms with Crippen molar-refractivity contribution in [3.8, 4) is 0 Å². The van der Waals surface area contributed by atoms with Crippen LogP contribution in [0.5, 0.6) is 0 Å². The molecule has 4 heteroatoms. The van der Waals surface area contributed by atoms with E-state index in [2.05, 4.69) is 26.1 Å². The fourth-order valence-corrected chi connectivity index (χ4v) is 2.25. The fourth-order valence-electron chi connectivity index (χ4n) is 2.25. The standard InChI is InChI=1S/C14H23NO3/c1-5-14(6-2,7-3)15-9-11-8-10(4)12(18-11)13(16)17/h8,15H,5-7,9H2,1-4H3,(H,16,17). The Morgan fingerprint density at radius 1 is 1.33 bits per heavy atom. The zero-order valence-corrected chi connectivity index (χ0v) is 11.7. The Labute approximate surface area is 108 Å². The highest BCUT2D eigenvalue weighted by Gasteiger charge is 2.23. The van der Waals surface area contributed by atoms with E-state index < -0.39 is 5.97 Å². The van der Waals surface area contributed by atoms with Crippen LogP contribution in [-0.2, 0) is 6.54 Å². The molecule has 0 aliphatic carbocycles. The highest BCUT2D eigenvalue weighted by Crippen LogP contribution is 2.21. The van der Waals surface area contributed by atoms with Gasteiger partial charge in [0.05, 0.1) is 6.54 Å². The molecule has 4 nitrogen and oxygen atoms in total. The van der Waals surface area contributed by atoms with Gasteiger partial charge in [-0.15, -0.1) is 0 Å². The second-order valence-electron chi connectivity index (χ2n) is 4.72. The number of hydrogen-bond acceptors (Lipinski definition) is 3. The predicted octanol–water partition coefficient (Wildman–Crippen LogP) is 3.34. The Kier molecular flexibility index (Phi) is 4.96. The lowest BCUT2D eigenvalue weighted by Crippen LogP contribution is -2.42. The fraction of sp³-hybridized carbons (Fsp3) is 0.643. The highest BCUT2D eigenvalue weighted by molar-refractivity contribution is 5.86. The maximum Gasteiger partial charge on any atom is 0.372 e. The largest absolute Gasteiger partial charge is 0.475 e. The molecule has 1 rings (SSSR count). The number of carboxylic acids is 1. The van der Waals surface area contributed by atoms with Crippen molar-refractivity contribution in [3.05, 3.63) is 23.2 Å². The number of carbonyl (C=O) groups is 1. The van der Waals surface area contributed by atoms with Crippen LogP contribution in [0, 0.1) is 6.92 Å². The lowest BCUT2D eigenvalue weighted by molar-refractivity contribution is 0.0658. The quantitative estimate of drug-likeness (QED) is 0.782. The third-order valence-corrected chi connectivity index (χ3v) is 3.83. The third-order valence-electron chi connectivity index (χ3n) is 3.83. The number of aryl methyl sites for hydroxylation is 1. The molecule has 0 fully saturated rings. The monoisotopic (exact) mass is 253 g/mol. The summed E-state index contributed by atoms with van der Waals surface area (Å²) in [7, 11) is 0. The van der Waals surface area contributed by atoms with E-state index in [4.69, 9.17) is 9.52 Å². The average Bonchev–Trinajstić information content (AvgIpc) is 2.73. The number of nitrogens with one attached hydrogen (secondary N) is 1. The summed E-state index contributed by atoms with van der Waals surface area (Å²) < 4.78 is 5.34. The molecule has 0 saturated heterocycles. The van der Waals surface area contributed by atoms with E-state index in [-0.39, 0.29) is 11.3 Å². The molecule has 0 amide bonds. The predicted molar refractivity (Wildman–Crippen MR) is 70.8 cm³/mol. The molecule has 102 valence electrons. The van der Waals surface area contributed by atoms with E-state index in [1.54, 1.807) is 13.0 Å². The van der Waals surface area contributed by atoms with E-state index in [1.807, 2.05) is 0 Å². The maximum atomic E-state index is 10.9. The summed E-state index contributed by atoms with van der Waals surface area (Å²) in [5, 5.41) is 12.4. The molecule has 1 heterocycles. The molecule has 0 atom stereocenters. The van der Waals surface area contributed by atoms with Gasteiger partial charge in [0.1, 0.15) is 5.76 Å². The summed E-state index contributed by atoms with van der Waals surface area (Å²) in [6.07, 6.45) is 3.14. The molecule has 0 saturated carbocycles. The number of aromatic carboxylic acids is 1. The SMILES string of the molecule is CCC(CC)(CC)NCc1cc(C)c(C(=O)O)o1. The van der Waals surface area contributed by atoms with Gasteiger partial charge in [-0.3, -0.25) is 0 Å². The van der Waals surface area contributed by atoms with E-state index in [1.165, 1.54) is 0 Å². The molecule has 0 spiro atoms. The van der Waals surface area contributed by atoms with Crippen molar-refractivity contribution in [3.63, 3.8) is 0 Å². The van der Waals surface area contributed by atoms with Crippen LogP contribution in [0.2, 0.25) is 0 Å². The lowest BCUT2D eigenvalue weighted by Gasteiger charge is -2.31. The molecule has 0 aromatic carbocycles. The van der Waals surface area contributed by atoms with Gasteiger partial charge < -0.3 is 14.8 Å². The normalized spacial score (nSPS) is 11.8. The van der Waals surface area contributed by atoms with Crippen molar-refractivity contribution in [2.45, 2.75) is 59.0 Å². The van der Waals surface area contributed by atoms with Gasteiger partial charge in [-0.2, -0.15) is 0 Å². The number of hydrogen-bond donors (Lipinski definition) is 2. The third kappa shape index (κ3) is 3.13. The summed E-state index contributed by atoms with van der Waals surface area (Å²) in [5.41, 5.74) is 0.791. The van der Waals surface area contributed by atoms with Gasteiger partial charge in [0.15, 0.2) is 0 Å². The second kappa shape index (κ2) is 6.05. The van der Waals surface area contributed by atoms with Crippen LogP contribution in [0.25, 0.3) is 0 Å². The smallest absolute Gasteiger partial charge is 0.372 e. The minimum atomic E-state index is -1.01. The number of furan rings is 1. The molecule has 18 heavy (non-hydrogen) atoms. The molecule has 0 aliphatic heterocycles. The van der Waals surface area contributed by atoms with Crippen molar-refractivity contribution in [1.29, 1.82) is 0 Å². The number of carboxylic acid groups (broad SMARTS) is 1. The molecule has 0 bridgehead atoms. The Morgan fingerprint density at radius 3 is 2.28 bits per heavy atom. The first-order valence-corrected chi connectivity index (χ1v) is 6.55.